The van der Waals surface area contributed by atoms with E-state index in [9.17, 15) is 37.7 Å². The van der Waals surface area contributed by atoms with Crippen LogP contribution in [-0.4, -0.2) is 33.1 Å². The van der Waals surface area contributed by atoms with Crippen LogP contribution in [0.5, 0.6) is 0 Å². The Morgan fingerprint density at radius 2 is 1.78 bits per heavy atom. The van der Waals surface area contributed by atoms with Gasteiger partial charge in [-0.25, -0.2) is 26.9 Å². The van der Waals surface area contributed by atoms with E-state index in [4.69, 9.17) is 11.6 Å². The van der Waals surface area contributed by atoms with Gasteiger partial charge in [-0.15, -0.1) is 0 Å². The molecule has 13 heteroatoms. The summed E-state index contributed by atoms with van der Waals surface area (Å²) in [5, 5.41) is 18.8. The lowest BCUT2D eigenvalue weighted by molar-refractivity contribution is -0.170. The normalized spacial score (nSPS) is 17.0. The number of halogens is 5. The van der Waals surface area contributed by atoms with Crippen molar-refractivity contribution in [3.8, 4) is 29.0 Å². The molecule has 1 saturated heterocycles. The number of pyridine rings is 1. The number of anilines is 1. The van der Waals surface area contributed by atoms with Gasteiger partial charge in [-0.2, -0.15) is 10.5 Å². The Morgan fingerprint density at radius 1 is 1.08 bits per heavy atom. The molecule has 0 radical (unpaired) electrons. The van der Waals surface area contributed by atoms with Crippen LogP contribution < -0.4 is 16.1 Å². The summed E-state index contributed by atoms with van der Waals surface area (Å²) in [4.78, 5) is 32.7. The lowest BCUT2D eigenvalue weighted by Gasteiger charge is -2.59. The van der Waals surface area contributed by atoms with Gasteiger partial charge >= 0.3 is 5.69 Å². The van der Waals surface area contributed by atoms with Crippen LogP contribution in [0.4, 0.5) is 23.4 Å². The van der Waals surface area contributed by atoms with Crippen molar-refractivity contribution in [2.45, 2.75) is 25.3 Å². The van der Waals surface area contributed by atoms with E-state index in [0.29, 0.717) is 10.6 Å². The molecule has 188 valence electrons. The van der Waals surface area contributed by atoms with Gasteiger partial charge < -0.3 is 4.90 Å². The summed E-state index contributed by atoms with van der Waals surface area (Å²) in [6.45, 7) is -0.446. The number of hydrogen-bond acceptors (Lipinski definition) is 6. The van der Waals surface area contributed by atoms with Crippen molar-refractivity contribution in [1.29, 1.82) is 10.5 Å². The van der Waals surface area contributed by atoms with Crippen LogP contribution in [0.15, 0.2) is 40.2 Å². The van der Waals surface area contributed by atoms with Crippen molar-refractivity contribution < 1.29 is 17.6 Å². The number of rotatable bonds is 4. The van der Waals surface area contributed by atoms with Gasteiger partial charge in [-0.3, -0.25) is 14.3 Å². The van der Waals surface area contributed by atoms with Crippen LogP contribution in [0.3, 0.4) is 0 Å². The summed E-state index contributed by atoms with van der Waals surface area (Å²) in [5.41, 5.74) is -3.94. The van der Waals surface area contributed by atoms with Crippen LogP contribution in [0.25, 0.3) is 16.8 Å². The summed E-state index contributed by atoms with van der Waals surface area (Å²) in [6.07, 6.45) is 1.70. The van der Waals surface area contributed by atoms with Gasteiger partial charge in [0, 0.05) is 37.5 Å². The molecular weight excluding hydrogens is 516 g/mol. The van der Waals surface area contributed by atoms with Crippen LogP contribution in [0, 0.1) is 39.7 Å². The molecule has 8 nitrogen and oxygen atoms in total. The third-order valence-electron chi connectivity index (χ3n) is 6.55. The molecule has 2 fully saturated rings. The predicted octanol–water partition coefficient (Wildman–Crippen LogP) is 3.62. The van der Waals surface area contributed by atoms with Crippen molar-refractivity contribution in [1.82, 2.24) is 14.1 Å². The van der Waals surface area contributed by atoms with Gasteiger partial charge in [0.05, 0.1) is 34.1 Å². The van der Waals surface area contributed by atoms with Crippen LogP contribution in [0.1, 0.15) is 18.4 Å². The van der Waals surface area contributed by atoms with Crippen LogP contribution in [0.2, 0.25) is 5.02 Å². The maximum Gasteiger partial charge on any atom is 0.338 e. The first-order valence-electron chi connectivity index (χ1n) is 10.9. The molecule has 2 aliphatic rings. The summed E-state index contributed by atoms with van der Waals surface area (Å²) in [6, 6.07) is 6.28. The summed E-state index contributed by atoms with van der Waals surface area (Å²) in [7, 11) is 0. The summed E-state index contributed by atoms with van der Waals surface area (Å²) < 4.78 is 57.4. The molecule has 1 aliphatic carbocycles. The van der Waals surface area contributed by atoms with Crippen molar-refractivity contribution in [2.24, 2.45) is 5.41 Å². The summed E-state index contributed by atoms with van der Waals surface area (Å²) in [5.74, 6) is -5.76. The minimum atomic E-state index is -2.81. The van der Waals surface area contributed by atoms with E-state index in [1.165, 1.54) is 29.4 Å². The zero-order valence-corrected chi connectivity index (χ0v) is 19.6. The maximum absolute atomic E-state index is 14.5. The Hall–Kier alpha value is -4.16. The Bertz CT molecular complexity index is 1650. The van der Waals surface area contributed by atoms with Crippen molar-refractivity contribution >= 4 is 17.4 Å². The summed E-state index contributed by atoms with van der Waals surface area (Å²) >= 11 is 5.99. The molecule has 1 aliphatic heterocycles. The van der Waals surface area contributed by atoms with E-state index in [0.717, 1.165) is 10.6 Å². The van der Waals surface area contributed by atoms with E-state index in [1.807, 2.05) is 6.07 Å². The van der Waals surface area contributed by atoms with E-state index in [1.54, 1.807) is 0 Å². The minimum absolute atomic E-state index is 0.0520. The fraction of sp³-hybridized carbons (Fsp3) is 0.292. The highest BCUT2D eigenvalue weighted by atomic mass is 35.5. The SMILES string of the molecule is N#CCn1c(N2CC3(C2)CC(F)(F)C3)c(-c2cc(F)c(F)c(C#N)c2)c(=O)n(-c2cncc(Cl)c2)c1=O. The third kappa shape index (κ3) is 3.94. The fourth-order valence-corrected chi connectivity index (χ4v) is 5.35. The smallest absolute Gasteiger partial charge is 0.338 e. The number of hydrogen-bond donors (Lipinski definition) is 0. The first kappa shape index (κ1) is 24.5. The van der Waals surface area contributed by atoms with Crippen molar-refractivity contribution in [3.63, 3.8) is 0 Å². The molecule has 2 aromatic heterocycles. The molecule has 0 bridgehead atoms. The molecular formula is C24H15ClF4N6O2. The minimum Gasteiger partial charge on any atom is -0.356 e. The lowest BCUT2D eigenvalue weighted by atomic mass is 9.61. The standard InChI is InChI=1S/C24H15ClF4N6O2/c25-15-5-16(8-32-7-15)35-21(36)18(13-3-14(6-31)19(27)17(26)4-13)20(34(2-1-30)22(35)37)33-11-23(12-33)9-24(28,29)10-23/h3-5,7-8H,2,9-12H2. The van der Waals surface area contributed by atoms with E-state index < -0.39 is 46.3 Å². The van der Waals surface area contributed by atoms with Gasteiger partial charge in [-0.05, 0) is 23.8 Å². The molecule has 37 heavy (non-hydrogen) atoms. The molecule has 1 aromatic carbocycles. The molecule has 0 unspecified atom stereocenters. The average molecular weight is 531 g/mol. The molecule has 3 aromatic rings. The predicted molar refractivity (Wildman–Crippen MR) is 124 cm³/mol. The first-order valence-corrected chi connectivity index (χ1v) is 11.3. The number of nitrogens with zero attached hydrogens (tertiary/aromatic N) is 6. The zero-order chi connectivity index (χ0) is 26.7. The highest BCUT2D eigenvalue weighted by Gasteiger charge is 2.62. The number of aromatic nitrogens is 3. The molecule has 0 amide bonds. The topological polar surface area (TPSA) is 108 Å². The molecule has 3 heterocycles. The second-order valence-electron chi connectivity index (χ2n) is 9.22. The second kappa shape index (κ2) is 8.46. The largest absolute Gasteiger partial charge is 0.356 e. The van der Waals surface area contributed by atoms with Crippen molar-refractivity contribution in [3.05, 3.63) is 73.7 Å². The first-order chi connectivity index (χ1) is 17.5. The molecule has 0 atom stereocenters. The number of alkyl halides is 2. The number of nitriles is 2. The maximum atomic E-state index is 14.5. The van der Waals surface area contributed by atoms with Crippen LogP contribution in [-0.2, 0) is 6.54 Å². The van der Waals surface area contributed by atoms with Crippen molar-refractivity contribution in [2.75, 3.05) is 18.0 Å². The second-order valence-corrected chi connectivity index (χ2v) is 9.66. The molecule has 0 N–H and O–H groups in total. The zero-order valence-electron chi connectivity index (χ0n) is 18.8. The van der Waals surface area contributed by atoms with Crippen LogP contribution >= 0.6 is 11.6 Å². The van der Waals surface area contributed by atoms with Gasteiger partial charge in [-0.1, -0.05) is 11.6 Å². The van der Waals surface area contributed by atoms with Gasteiger partial charge in [0.15, 0.2) is 11.6 Å². The van der Waals surface area contributed by atoms with Gasteiger partial charge in [0.25, 0.3) is 5.56 Å². The third-order valence-corrected chi connectivity index (χ3v) is 6.76. The average Bonchev–Trinajstić information content (AvgIpc) is 2.79. The Labute approximate surface area is 211 Å². The Morgan fingerprint density at radius 3 is 2.38 bits per heavy atom. The van der Waals surface area contributed by atoms with Gasteiger partial charge in [0.1, 0.15) is 18.4 Å². The monoisotopic (exact) mass is 530 g/mol. The van der Waals surface area contributed by atoms with E-state index in [2.05, 4.69) is 4.98 Å². The fourth-order valence-electron chi connectivity index (χ4n) is 5.18. The lowest BCUT2D eigenvalue weighted by Crippen LogP contribution is -2.67. The number of benzene rings is 1. The van der Waals surface area contributed by atoms with E-state index >= 15 is 0 Å². The van der Waals surface area contributed by atoms with Gasteiger partial charge in [0.2, 0.25) is 5.92 Å². The highest BCUT2D eigenvalue weighted by molar-refractivity contribution is 6.30. The Balaban J connectivity index is 1.80. The van der Waals surface area contributed by atoms with E-state index in [-0.39, 0.29) is 53.6 Å². The Kier molecular flexibility index (Phi) is 5.61. The molecule has 1 spiro atoms. The molecule has 5 rings (SSSR count). The quantitative estimate of drug-likeness (QED) is 0.477. The molecule has 1 saturated carbocycles. The highest BCUT2D eigenvalue weighted by Crippen LogP contribution is 2.57.